The molecule has 0 saturated heterocycles. The number of aromatic nitrogens is 2. The van der Waals surface area contributed by atoms with Gasteiger partial charge in [-0.25, -0.2) is 0 Å². The zero-order valence-corrected chi connectivity index (χ0v) is 27.6. The molecule has 8 aromatic carbocycles. The minimum absolute atomic E-state index is 0.885. The van der Waals surface area contributed by atoms with Crippen molar-refractivity contribution in [1.29, 1.82) is 0 Å². The van der Waals surface area contributed by atoms with Gasteiger partial charge < -0.3 is 13.6 Å². The summed E-state index contributed by atoms with van der Waals surface area (Å²) in [5.41, 5.74) is 13.3. The molecule has 3 heteroatoms. The van der Waals surface area contributed by atoms with Gasteiger partial charge >= 0.3 is 0 Å². The molecule has 0 unspecified atom stereocenters. The van der Waals surface area contributed by atoms with Gasteiger partial charge in [0.25, 0.3) is 0 Å². The monoisotopic (exact) mass is 650 g/mol. The number of benzene rings is 8. The van der Waals surface area contributed by atoms with Gasteiger partial charge in [-0.3, -0.25) is 0 Å². The number of furan rings is 1. The average Bonchev–Trinajstić information content (AvgIpc) is 3.86. The van der Waals surface area contributed by atoms with Crippen LogP contribution in [0.3, 0.4) is 0 Å². The van der Waals surface area contributed by atoms with Crippen molar-refractivity contribution in [3.63, 3.8) is 0 Å². The molecule has 51 heavy (non-hydrogen) atoms. The minimum atomic E-state index is 0.885. The summed E-state index contributed by atoms with van der Waals surface area (Å²) in [6, 6.07) is 65.4. The fourth-order valence-electron chi connectivity index (χ4n) is 8.41. The van der Waals surface area contributed by atoms with Crippen molar-refractivity contribution in [3.8, 4) is 33.6 Å². The van der Waals surface area contributed by atoms with Crippen molar-refractivity contribution in [3.05, 3.63) is 182 Å². The lowest BCUT2D eigenvalue weighted by atomic mass is 9.90. The minimum Gasteiger partial charge on any atom is -0.454 e. The first-order valence-corrected chi connectivity index (χ1v) is 17.5. The highest BCUT2D eigenvalue weighted by Crippen LogP contribution is 2.48. The Morgan fingerprint density at radius 3 is 1.73 bits per heavy atom. The van der Waals surface area contributed by atoms with Crippen LogP contribution in [0.15, 0.2) is 186 Å². The molecule has 0 N–H and O–H groups in total. The Hall–Kier alpha value is -6.84. The number of hydrogen-bond donors (Lipinski definition) is 0. The summed E-state index contributed by atoms with van der Waals surface area (Å²) in [6.45, 7) is 0. The molecule has 0 aliphatic heterocycles. The van der Waals surface area contributed by atoms with Crippen molar-refractivity contribution in [2.75, 3.05) is 0 Å². The number of rotatable bonds is 4. The third kappa shape index (κ3) is 4.00. The van der Waals surface area contributed by atoms with E-state index in [0.717, 1.165) is 44.3 Å². The summed E-state index contributed by atoms with van der Waals surface area (Å²) in [5.74, 6) is 0. The highest BCUT2D eigenvalue weighted by molar-refractivity contribution is 6.22. The second-order valence-electron chi connectivity index (χ2n) is 13.2. The third-order valence-electron chi connectivity index (χ3n) is 10.5. The topological polar surface area (TPSA) is 23.0 Å². The van der Waals surface area contributed by atoms with Crippen molar-refractivity contribution in [2.24, 2.45) is 0 Å². The molecule has 0 spiro atoms. The summed E-state index contributed by atoms with van der Waals surface area (Å²) in [6.07, 6.45) is 0. The highest BCUT2D eigenvalue weighted by Gasteiger charge is 2.25. The van der Waals surface area contributed by atoms with Gasteiger partial charge in [0.2, 0.25) is 0 Å². The van der Waals surface area contributed by atoms with Crippen LogP contribution >= 0.6 is 0 Å². The zero-order chi connectivity index (χ0) is 33.5. The summed E-state index contributed by atoms with van der Waals surface area (Å²) < 4.78 is 11.6. The normalized spacial score (nSPS) is 11.9. The molecule has 0 aliphatic carbocycles. The molecule has 0 amide bonds. The van der Waals surface area contributed by atoms with Crippen LogP contribution in [-0.4, -0.2) is 9.13 Å². The molecular weight excluding hydrogens is 621 g/mol. The van der Waals surface area contributed by atoms with E-state index in [1.54, 1.807) is 0 Å². The molecular formula is C48H30N2O. The van der Waals surface area contributed by atoms with E-state index in [1.807, 2.05) is 6.07 Å². The van der Waals surface area contributed by atoms with E-state index in [0.29, 0.717) is 0 Å². The van der Waals surface area contributed by atoms with Crippen LogP contribution in [-0.2, 0) is 0 Å². The summed E-state index contributed by atoms with van der Waals surface area (Å²) >= 11 is 0. The summed E-state index contributed by atoms with van der Waals surface area (Å²) in [4.78, 5) is 0. The first kappa shape index (κ1) is 28.0. The molecule has 0 saturated carbocycles. The van der Waals surface area contributed by atoms with E-state index < -0.39 is 0 Å². The standard InChI is InChI=1S/C48H30N2O/c1-3-15-31(16-4-1)33-29-30-38-35-20-7-10-25-41(35)49(32-17-5-2-6-18-32)47(38)45(33)40-24-13-22-37-34-19-8-11-26-42(34)50(46(37)40)43-27-14-23-39-36-21-9-12-28-44(36)51-48(39)43/h1-30H. The van der Waals surface area contributed by atoms with E-state index in [-0.39, 0.29) is 0 Å². The second-order valence-corrected chi connectivity index (χ2v) is 13.2. The average molecular weight is 651 g/mol. The van der Waals surface area contributed by atoms with Crippen LogP contribution in [0.2, 0.25) is 0 Å². The van der Waals surface area contributed by atoms with Crippen LogP contribution in [0.1, 0.15) is 0 Å². The molecule has 3 aromatic heterocycles. The first-order valence-electron chi connectivity index (χ1n) is 17.5. The van der Waals surface area contributed by atoms with E-state index in [2.05, 4.69) is 185 Å². The highest BCUT2D eigenvalue weighted by atomic mass is 16.3. The van der Waals surface area contributed by atoms with Gasteiger partial charge in [0.05, 0.1) is 27.8 Å². The molecule has 3 nitrogen and oxygen atoms in total. The quantitative estimate of drug-likeness (QED) is 0.186. The largest absolute Gasteiger partial charge is 0.454 e. The Balaban J connectivity index is 1.37. The van der Waals surface area contributed by atoms with E-state index in [9.17, 15) is 0 Å². The summed E-state index contributed by atoms with van der Waals surface area (Å²) in [7, 11) is 0. The molecule has 11 aromatic rings. The molecule has 11 rings (SSSR count). The molecule has 238 valence electrons. The molecule has 0 radical (unpaired) electrons. The SMILES string of the molecule is c1ccc(-c2ccc3c4ccccc4n(-c4ccccc4)c3c2-c2cccc3c4ccccc4n(-c4cccc5c4oc4ccccc45)c23)cc1. The molecule has 3 heterocycles. The molecule has 0 aliphatic rings. The number of fused-ring (bicyclic) bond motifs is 9. The van der Waals surface area contributed by atoms with Crippen molar-refractivity contribution in [2.45, 2.75) is 0 Å². The fraction of sp³-hybridized carbons (Fsp3) is 0. The van der Waals surface area contributed by atoms with Crippen molar-refractivity contribution >= 4 is 65.6 Å². The second kappa shape index (κ2) is 10.8. The lowest BCUT2D eigenvalue weighted by Gasteiger charge is -2.18. The smallest absolute Gasteiger partial charge is 0.159 e. The third-order valence-corrected chi connectivity index (χ3v) is 10.5. The predicted molar refractivity (Wildman–Crippen MR) is 213 cm³/mol. The predicted octanol–water partition coefficient (Wildman–Crippen LogP) is 13.1. The van der Waals surface area contributed by atoms with Crippen LogP contribution in [0, 0.1) is 0 Å². The van der Waals surface area contributed by atoms with E-state index in [1.165, 1.54) is 54.8 Å². The Labute approximate surface area is 293 Å². The Kier molecular flexibility index (Phi) is 5.96. The van der Waals surface area contributed by atoms with Gasteiger partial charge in [-0.1, -0.05) is 146 Å². The lowest BCUT2D eigenvalue weighted by molar-refractivity contribution is 0.666. The molecule has 0 atom stereocenters. The van der Waals surface area contributed by atoms with Gasteiger partial charge in [0, 0.05) is 49.1 Å². The van der Waals surface area contributed by atoms with Gasteiger partial charge in [-0.2, -0.15) is 0 Å². The molecule has 0 fully saturated rings. The van der Waals surface area contributed by atoms with Gasteiger partial charge in [0.1, 0.15) is 5.58 Å². The number of nitrogens with zero attached hydrogens (tertiary/aromatic N) is 2. The van der Waals surface area contributed by atoms with Gasteiger partial charge in [-0.15, -0.1) is 0 Å². The maximum Gasteiger partial charge on any atom is 0.159 e. The maximum atomic E-state index is 6.71. The molecule has 0 bridgehead atoms. The van der Waals surface area contributed by atoms with Crippen molar-refractivity contribution < 1.29 is 4.42 Å². The van der Waals surface area contributed by atoms with Crippen molar-refractivity contribution in [1.82, 2.24) is 9.13 Å². The first-order chi connectivity index (χ1) is 25.3. The van der Waals surface area contributed by atoms with Gasteiger partial charge in [-0.05, 0) is 47.5 Å². The fourth-order valence-corrected chi connectivity index (χ4v) is 8.41. The lowest BCUT2D eigenvalue weighted by Crippen LogP contribution is -1.99. The number of hydrogen-bond acceptors (Lipinski definition) is 1. The zero-order valence-electron chi connectivity index (χ0n) is 27.6. The Bertz CT molecular complexity index is 3130. The van der Waals surface area contributed by atoms with E-state index in [4.69, 9.17) is 4.42 Å². The number of para-hydroxylation sites is 6. The Morgan fingerprint density at radius 2 is 0.941 bits per heavy atom. The van der Waals surface area contributed by atoms with Crippen LogP contribution in [0.4, 0.5) is 0 Å². The summed E-state index contributed by atoms with van der Waals surface area (Å²) in [5, 5.41) is 7.11. The maximum absolute atomic E-state index is 6.71. The van der Waals surface area contributed by atoms with Crippen LogP contribution < -0.4 is 0 Å². The van der Waals surface area contributed by atoms with Crippen LogP contribution in [0.25, 0.3) is 99.2 Å². The van der Waals surface area contributed by atoms with E-state index >= 15 is 0 Å². The Morgan fingerprint density at radius 1 is 0.353 bits per heavy atom. The van der Waals surface area contributed by atoms with Crippen LogP contribution in [0.5, 0.6) is 0 Å². The van der Waals surface area contributed by atoms with Gasteiger partial charge in [0.15, 0.2) is 5.58 Å².